The van der Waals surface area contributed by atoms with Crippen molar-refractivity contribution < 1.29 is 44.7 Å². The number of hydrogen-bond donors (Lipinski definition) is 6. The molecule has 0 bridgehead atoms. The van der Waals surface area contributed by atoms with Crippen LogP contribution in [0, 0.1) is 0 Å². The third kappa shape index (κ3) is 3.51. The Labute approximate surface area is 143 Å². The Morgan fingerprint density at radius 1 is 0.769 bits per heavy atom. The van der Waals surface area contributed by atoms with Gasteiger partial charge < -0.3 is 30.8 Å². The number of anilines is 1. The van der Waals surface area contributed by atoms with Gasteiger partial charge in [0.2, 0.25) is 0 Å². The number of nitrogens with zero attached hydrogens (tertiary/aromatic N) is 1. The van der Waals surface area contributed by atoms with E-state index in [9.17, 15) is 29.4 Å². The summed E-state index contributed by atoms with van der Waals surface area (Å²) < 4.78 is 0. The Morgan fingerprint density at radius 2 is 1.31 bits per heavy atom. The number of phenolic OH excluding ortho intramolecular Hbond substituents is 1. The number of rotatable bonds is 5. The summed E-state index contributed by atoms with van der Waals surface area (Å²) in [5.74, 6) is -7.89. The van der Waals surface area contributed by atoms with Crippen LogP contribution in [0.1, 0.15) is 41.6 Å². The first-order valence-electron chi connectivity index (χ1n) is 6.70. The lowest BCUT2D eigenvalue weighted by atomic mass is 10.1. The van der Waals surface area contributed by atoms with Crippen molar-refractivity contribution in [3.63, 3.8) is 0 Å². The van der Waals surface area contributed by atoms with E-state index in [-0.39, 0.29) is 0 Å². The number of phenols is 2. The van der Waals surface area contributed by atoms with Crippen LogP contribution >= 0.6 is 0 Å². The molecule has 0 fully saturated rings. The molecule has 1 aromatic heterocycles. The van der Waals surface area contributed by atoms with E-state index in [2.05, 4.69) is 4.98 Å². The van der Waals surface area contributed by atoms with E-state index in [1.165, 1.54) is 0 Å². The van der Waals surface area contributed by atoms with Crippen molar-refractivity contribution in [1.29, 1.82) is 0 Å². The summed E-state index contributed by atoms with van der Waals surface area (Å²) >= 11 is 0. The predicted molar refractivity (Wildman–Crippen MR) is 82.8 cm³/mol. The maximum absolute atomic E-state index is 12.2. The highest BCUT2D eigenvalue weighted by Gasteiger charge is 2.22. The minimum Gasteiger partial charge on any atom is -0.507 e. The molecule has 0 aliphatic heterocycles. The van der Waals surface area contributed by atoms with Gasteiger partial charge in [0, 0.05) is 0 Å². The quantitative estimate of drug-likeness (QED) is 0.415. The summed E-state index contributed by atoms with van der Waals surface area (Å²) in [5, 5.41) is 48.2. The van der Waals surface area contributed by atoms with Gasteiger partial charge in [-0.1, -0.05) is 0 Å². The number of carbonyl (C=O) groups is 4. The molecule has 2 aromatic rings. The SMILES string of the molecule is O=C(O)c1ccc(C(=O)O)c(NC(=O)c2cc(O)c(C(=O)O)cc2O)n1. The lowest BCUT2D eigenvalue weighted by Gasteiger charge is -2.10. The summed E-state index contributed by atoms with van der Waals surface area (Å²) in [7, 11) is 0. The highest BCUT2D eigenvalue weighted by molar-refractivity contribution is 6.09. The molecule has 1 heterocycles. The number of carboxylic acid groups (broad SMARTS) is 3. The lowest BCUT2D eigenvalue weighted by molar-refractivity contribution is 0.0676. The monoisotopic (exact) mass is 362 g/mol. The smallest absolute Gasteiger partial charge is 0.354 e. The fourth-order valence-electron chi connectivity index (χ4n) is 1.95. The Bertz CT molecular complexity index is 952. The molecular weight excluding hydrogens is 352 g/mol. The second kappa shape index (κ2) is 6.76. The van der Waals surface area contributed by atoms with Gasteiger partial charge in [-0.05, 0) is 24.3 Å². The van der Waals surface area contributed by atoms with Crippen molar-refractivity contribution in [2.24, 2.45) is 0 Å². The summed E-state index contributed by atoms with van der Waals surface area (Å²) in [5.41, 5.74) is -2.30. The van der Waals surface area contributed by atoms with Crippen LogP contribution in [0.5, 0.6) is 11.5 Å². The molecule has 0 aliphatic rings. The molecule has 6 N–H and O–H groups in total. The number of aromatic hydroxyl groups is 2. The Morgan fingerprint density at radius 3 is 1.85 bits per heavy atom. The normalized spacial score (nSPS) is 10.2. The summed E-state index contributed by atoms with van der Waals surface area (Å²) in [6.45, 7) is 0. The van der Waals surface area contributed by atoms with Gasteiger partial charge in [0.05, 0.1) is 5.56 Å². The Balaban J connectivity index is 2.46. The number of benzene rings is 1. The van der Waals surface area contributed by atoms with Gasteiger partial charge in [-0.25, -0.2) is 19.4 Å². The molecule has 0 atom stereocenters. The van der Waals surface area contributed by atoms with Crippen molar-refractivity contribution in [2.75, 3.05) is 5.32 Å². The van der Waals surface area contributed by atoms with E-state index >= 15 is 0 Å². The topological polar surface area (TPSA) is 194 Å². The van der Waals surface area contributed by atoms with Crippen molar-refractivity contribution >= 4 is 29.6 Å². The zero-order chi connectivity index (χ0) is 19.6. The standard InChI is InChI=1S/C15H10N2O9/c18-9-4-7(14(23)24)10(19)3-6(9)12(20)17-11-5(13(21)22)1-2-8(16-11)15(25)26/h1-4,18-19H,(H,21,22)(H,23,24)(H,25,26)(H,16,17,20). The molecule has 134 valence electrons. The Hall–Kier alpha value is -4.15. The predicted octanol–water partition coefficient (Wildman–Crippen LogP) is 0.840. The molecule has 0 spiro atoms. The molecule has 0 saturated heterocycles. The van der Waals surface area contributed by atoms with Crippen LogP contribution in [-0.4, -0.2) is 54.3 Å². The number of hydrogen-bond acceptors (Lipinski definition) is 7. The molecule has 11 heteroatoms. The molecule has 0 aliphatic carbocycles. The third-order valence-corrected chi connectivity index (χ3v) is 3.17. The highest BCUT2D eigenvalue weighted by atomic mass is 16.4. The number of aromatic nitrogens is 1. The number of pyridine rings is 1. The van der Waals surface area contributed by atoms with Crippen LogP contribution in [-0.2, 0) is 0 Å². The van der Waals surface area contributed by atoms with Gasteiger partial charge in [0.15, 0.2) is 5.69 Å². The zero-order valence-corrected chi connectivity index (χ0v) is 12.6. The number of aromatic carboxylic acids is 3. The zero-order valence-electron chi connectivity index (χ0n) is 12.6. The second-order valence-electron chi connectivity index (χ2n) is 4.85. The first-order valence-corrected chi connectivity index (χ1v) is 6.70. The van der Waals surface area contributed by atoms with Gasteiger partial charge in [-0.2, -0.15) is 0 Å². The van der Waals surface area contributed by atoms with Crippen molar-refractivity contribution in [2.45, 2.75) is 0 Å². The molecule has 26 heavy (non-hydrogen) atoms. The van der Waals surface area contributed by atoms with Crippen LogP contribution in [0.2, 0.25) is 0 Å². The van der Waals surface area contributed by atoms with Crippen LogP contribution in [0.15, 0.2) is 24.3 Å². The van der Waals surface area contributed by atoms with E-state index in [4.69, 9.17) is 15.3 Å². The van der Waals surface area contributed by atoms with Gasteiger partial charge in [-0.3, -0.25) is 4.79 Å². The van der Waals surface area contributed by atoms with Crippen LogP contribution < -0.4 is 5.32 Å². The fourth-order valence-corrected chi connectivity index (χ4v) is 1.95. The third-order valence-electron chi connectivity index (χ3n) is 3.17. The lowest BCUT2D eigenvalue weighted by Crippen LogP contribution is -2.18. The van der Waals surface area contributed by atoms with E-state index in [1.807, 2.05) is 5.32 Å². The largest absolute Gasteiger partial charge is 0.507 e. The molecular formula is C15H10N2O9. The van der Waals surface area contributed by atoms with Crippen LogP contribution in [0.3, 0.4) is 0 Å². The summed E-state index contributed by atoms with van der Waals surface area (Å²) in [6, 6.07) is 3.13. The maximum Gasteiger partial charge on any atom is 0.354 e. The minimum atomic E-state index is -1.55. The molecule has 0 saturated carbocycles. The Kier molecular flexibility index (Phi) is 4.73. The summed E-state index contributed by atoms with van der Waals surface area (Å²) in [4.78, 5) is 48.7. The average molecular weight is 362 g/mol. The van der Waals surface area contributed by atoms with Crippen molar-refractivity contribution in [1.82, 2.24) is 4.98 Å². The van der Waals surface area contributed by atoms with Gasteiger partial charge in [0.1, 0.15) is 28.4 Å². The van der Waals surface area contributed by atoms with Crippen LogP contribution in [0.4, 0.5) is 5.82 Å². The molecule has 0 radical (unpaired) electrons. The van der Waals surface area contributed by atoms with E-state index in [1.54, 1.807) is 0 Å². The van der Waals surface area contributed by atoms with E-state index < -0.39 is 63.5 Å². The van der Waals surface area contributed by atoms with Gasteiger partial charge >= 0.3 is 17.9 Å². The highest BCUT2D eigenvalue weighted by Crippen LogP contribution is 2.28. The van der Waals surface area contributed by atoms with Crippen molar-refractivity contribution in [3.05, 3.63) is 46.6 Å². The minimum absolute atomic E-state index is 0.519. The number of nitrogens with one attached hydrogen (secondary N) is 1. The molecule has 1 aromatic carbocycles. The molecule has 1 amide bonds. The van der Waals surface area contributed by atoms with Crippen LogP contribution in [0.25, 0.3) is 0 Å². The van der Waals surface area contributed by atoms with E-state index in [0.29, 0.717) is 12.1 Å². The molecule has 0 unspecified atom stereocenters. The average Bonchev–Trinajstić information content (AvgIpc) is 2.55. The van der Waals surface area contributed by atoms with E-state index in [0.717, 1.165) is 12.1 Å². The van der Waals surface area contributed by atoms with Crippen molar-refractivity contribution in [3.8, 4) is 11.5 Å². The molecule has 11 nitrogen and oxygen atoms in total. The number of carbonyl (C=O) groups excluding carboxylic acids is 1. The molecule has 2 rings (SSSR count). The van der Waals surface area contributed by atoms with Gasteiger partial charge in [-0.15, -0.1) is 0 Å². The first kappa shape index (κ1) is 18.2. The number of carboxylic acids is 3. The maximum atomic E-state index is 12.2. The van der Waals surface area contributed by atoms with Gasteiger partial charge in [0.25, 0.3) is 5.91 Å². The first-order chi connectivity index (χ1) is 12.1. The number of amides is 1. The second-order valence-corrected chi connectivity index (χ2v) is 4.85. The summed E-state index contributed by atoms with van der Waals surface area (Å²) in [6.07, 6.45) is 0. The fraction of sp³-hybridized carbons (Fsp3) is 0.